The monoisotopic (exact) mass is 312 g/mol. The van der Waals surface area contributed by atoms with Gasteiger partial charge in [-0.3, -0.25) is 4.79 Å². The summed E-state index contributed by atoms with van der Waals surface area (Å²) in [5, 5.41) is 3.37. The van der Waals surface area contributed by atoms with Gasteiger partial charge in [-0.05, 0) is 43.5 Å². The molecule has 1 aromatic rings. The molecule has 21 heavy (non-hydrogen) atoms. The second-order valence-electron chi connectivity index (χ2n) is 5.55. The van der Waals surface area contributed by atoms with Gasteiger partial charge < -0.3 is 15.0 Å². The molecule has 118 valence electrons. The maximum absolute atomic E-state index is 12.2. The minimum absolute atomic E-state index is 0. The molecule has 1 saturated heterocycles. The van der Waals surface area contributed by atoms with E-state index in [-0.39, 0.29) is 18.3 Å². The molecule has 0 spiro atoms. The van der Waals surface area contributed by atoms with Crippen molar-refractivity contribution < 1.29 is 9.53 Å². The molecule has 0 aliphatic carbocycles. The molecule has 1 N–H and O–H groups in total. The standard InChI is InChI=1S/C16H24N2O2.ClH/c1-12-9-13(6-7-15(12)20-3)11-18(2)16(19)10-14-5-4-8-17-14;/h6-7,9,14,17H,4-5,8,10-11H2,1-3H3;1H. The van der Waals surface area contributed by atoms with E-state index in [4.69, 9.17) is 4.74 Å². The van der Waals surface area contributed by atoms with Gasteiger partial charge in [-0.1, -0.05) is 12.1 Å². The number of amides is 1. The van der Waals surface area contributed by atoms with Gasteiger partial charge in [0.05, 0.1) is 7.11 Å². The lowest BCUT2D eigenvalue weighted by Gasteiger charge is -2.20. The first-order valence-corrected chi connectivity index (χ1v) is 7.21. The average Bonchev–Trinajstić information content (AvgIpc) is 2.91. The van der Waals surface area contributed by atoms with Gasteiger partial charge >= 0.3 is 0 Å². The summed E-state index contributed by atoms with van der Waals surface area (Å²) in [4.78, 5) is 14.0. The highest BCUT2D eigenvalue weighted by Gasteiger charge is 2.19. The molecule has 2 rings (SSSR count). The number of nitrogens with zero attached hydrogens (tertiary/aromatic N) is 1. The number of aryl methyl sites for hydroxylation is 1. The predicted octanol–water partition coefficient (Wildman–Crippen LogP) is 2.53. The second kappa shape index (κ2) is 8.25. The number of carbonyl (C=O) groups excluding carboxylic acids is 1. The van der Waals surface area contributed by atoms with Crippen LogP contribution >= 0.6 is 12.4 Å². The Kier molecular flexibility index (Phi) is 6.99. The van der Waals surface area contributed by atoms with Crippen LogP contribution in [0.25, 0.3) is 0 Å². The Labute approximate surface area is 133 Å². The van der Waals surface area contributed by atoms with Crippen molar-refractivity contribution in [3.8, 4) is 5.75 Å². The zero-order chi connectivity index (χ0) is 14.5. The third-order valence-electron chi connectivity index (χ3n) is 3.89. The molecule has 1 fully saturated rings. The van der Waals surface area contributed by atoms with Crippen molar-refractivity contribution in [1.82, 2.24) is 10.2 Å². The van der Waals surface area contributed by atoms with Gasteiger partial charge in [0.15, 0.2) is 0 Å². The number of methoxy groups -OCH3 is 1. The largest absolute Gasteiger partial charge is 0.496 e. The van der Waals surface area contributed by atoms with E-state index in [1.54, 1.807) is 12.0 Å². The minimum atomic E-state index is 0. The molecule has 1 heterocycles. The van der Waals surface area contributed by atoms with Crippen molar-refractivity contribution >= 4 is 18.3 Å². The number of halogens is 1. The van der Waals surface area contributed by atoms with E-state index in [1.165, 1.54) is 6.42 Å². The van der Waals surface area contributed by atoms with Gasteiger partial charge in [-0.25, -0.2) is 0 Å². The summed E-state index contributed by atoms with van der Waals surface area (Å²) in [6.07, 6.45) is 2.90. The first kappa shape index (κ1) is 17.8. The summed E-state index contributed by atoms with van der Waals surface area (Å²) < 4.78 is 5.25. The van der Waals surface area contributed by atoms with Crippen LogP contribution in [0.1, 0.15) is 30.4 Å². The van der Waals surface area contributed by atoms with Gasteiger partial charge in [-0.15, -0.1) is 12.4 Å². The Balaban J connectivity index is 0.00000220. The van der Waals surface area contributed by atoms with Crippen LogP contribution in [0.3, 0.4) is 0 Å². The summed E-state index contributed by atoms with van der Waals surface area (Å²) in [5.41, 5.74) is 2.24. The third kappa shape index (κ3) is 4.90. The lowest BCUT2D eigenvalue weighted by Crippen LogP contribution is -2.33. The highest BCUT2D eigenvalue weighted by Crippen LogP contribution is 2.19. The number of hydrogen-bond donors (Lipinski definition) is 1. The Morgan fingerprint density at radius 2 is 2.24 bits per heavy atom. The van der Waals surface area contributed by atoms with Gasteiger partial charge in [0.2, 0.25) is 5.91 Å². The molecular formula is C16H25ClN2O2. The van der Waals surface area contributed by atoms with Crippen molar-refractivity contribution in [3.63, 3.8) is 0 Å². The van der Waals surface area contributed by atoms with E-state index in [0.29, 0.717) is 19.0 Å². The van der Waals surface area contributed by atoms with Crippen LogP contribution in [0.4, 0.5) is 0 Å². The summed E-state index contributed by atoms with van der Waals surface area (Å²) in [6, 6.07) is 6.42. The molecular weight excluding hydrogens is 288 g/mol. The number of carbonyl (C=O) groups is 1. The van der Waals surface area contributed by atoms with Crippen LogP contribution in [0.15, 0.2) is 18.2 Å². The van der Waals surface area contributed by atoms with E-state index < -0.39 is 0 Å². The highest BCUT2D eigenvalue weighted by molar-refractivity contribution is 5.85. The number of hydrogen-bond acceptors (Lipinski definition) is 3. The van der Waals surface area contributed by atoms with Crippen molar-refractivity contribution in [1.29, 1.82) is 0 Å². The van der Waals surface area contributed by atoms with E-state index >= 15 is 0 Å². The van der Waals surface area contributed by atoms with Crippen molar-refractivity contribution in [2.24, 2.45) is 0 Å². The fraction of sp³-hybridized carbons (Fsp3) is 0.562. The summed E-state index contributed by atoms with van der Waals surface area (Å²) in [7, 11) is 3.54. The summed E-state index contributed by atoms with van der Waals surface area (Å²) >= 11 is 0. The zero-order valence-corrected chi connectivity index (χ0v) is 13.8. The van der Waals surface area contributed by atoms with Crippen LogP contribution < -0.4 is 10.1 Å². The average molecular weight is 313 g/mol. The van der Waals surface area contributed by atoms with Gasteiger partial charge in [0, 0.05) is 26.1 Å². The van der Waals surface area contributed by atoms with Crippen LogP contribution in [0, 0.1) is 6.92 Å². The van der Waals surface area contributed by atoms with Crippen LogP contribution in [0.2, 0.25) is 0 Å². The lowest BCUT2D eigenvalue weighted by molar-refractivity contribution is -0.130. The van der Waals surface area contributed by atoms with Crippen molar-refractivity contribution in [3.05, 3.63) is 29.3 Å². The van der Waals surface area contributed by atoms with Gasteiger partial charge in [0.25, 0.3) is 0 Å². The summed E-state index contributed by atoms with van der Waals surface area (Å²) in [6.45, 7) is 3.71. The molecule has 1 aliphatic heterocycles. The Bertz CT molecular complexity index is 473. The Hall–Kier alpha value is -1.26. The zero-order valence-electron chi connectivity index (χ0n) is 13.0. The van der Waals surface area contributed by atoms with E-state index in [0.717, 1.165) is 29.8 Å². The SMILES string of the molecule is COc1ccc(CN(C)C(=O)CC2CCCN2)cc1C.Cl. The summed E-state index contributed by atoms with van der Waals surface area (Å²) in [5.74, 6) is 1.09. The molecule has 0 aromatic heterocycles. The fourth-order valence-corrected chi connectivity index (χ4v) is 2.70. The molecule has 0 radical (unpaired) electrons. The van der Waals surface area contributed by atoms with Crippen molar-refractivity contribution in [2.45, 2.75) is 38.8 Å². The Morgan fingerprint density at radius 3 is 2.81 bits per heavy atom. The first-order chi connectivity index (χ1) is 9.60. The van der Waals surface area contributed by atoms with Gasteiger partial charge in [0.1, 0.15) is 5.75 Å². The van der Waals surface area contributed by atoms with E-state index in [2.05, 4.69) is 11.4 Å². The van der Waals surface area contributed by atoms with Crippen LogP contribution in [-0.4, -0.2) is 37.6 Å². The molecule has 1 atom stereocenters. The smallest absolute Gasteiger partial charge is 0.224 e. The maximum Gasteiger partial charge on any atom is 0.224 e. The second-order valence-corrected chi connectivity index (χ2v) is 5.55. The van der Waals surface area contributed by atoms with E-state index in [1.807, 2.05) is 26.1 Å². The van der Waals surface area contributed by atoms with Crippen LogP contribution in [-0.2, 0) is 11.3 Å². The fourth-order valence-electron chi connectivity index (χ4n) is 2.70. The topological polar surface area (TPSA) is 41.6 Å². The highest BCUT2D eigenvalue weighted by atomic mass is 35.5. The molecule has 1 aromatic carbocycles. The molecule has 1 aliphatic rings. The number of ether oxygens (including phenoxy) is 1. The number of nitrogens with one attached hydrogen (secondary N) is 1. The van der Waals surface area contributed by atoms with Crippen LogP contribution in [0.5, 0.6) is 5.75 Å². The number of rotatable bonds is 5. The normalized spacial score (nSPS) is 17.2. The predicted molar refractivity (Wildman–Crippen MR) is 87.1 cm³/mol. The maximum atomic E-state index is 12.2. The lowest BCUT2D eigenvalue weighted by atomic mass is 10.1. The molecule has 0 saturated carbocycles. The third-order valence-corrected chi connectivity index (χ3v) is 3.89. The Morgan fingerprint density at radius 1 is 1.48 bits per heavy atom. The molecule has 0 bridgehead atoms. The quantitative estimate of drug-likeness (QED) is 0.908. The molecule has 1 unspecified atom stereocenters. The van der Waals surface area contributed by atoms with Gasteiger partial charge in [-0.2, -0.15) is 0 Å². The molecule has 4 nitrogen and oxygen atoms in total. The molecule has 1 amide bonds. The first-order valence-electron chi connectivity index (χ1n) is 7.21. The van der Waals surface area contributed by atoms with E-state index in [9.17, 15) is 4.79 Å². The van der Waals surface area contributed by atoms with Crippen molar-refractivity contribution in [2.75, 3.05) is 20.7 Å². The number of benzene rings is 1. The minimum Gasteiger partial charge on any atom is -0.496 e. The molecule has 5 heteroatoms.